The van der Waals surface area contributed by atoms with Gasteiger partial charge in [0.2, 0.25) is 5.88 Å². The molecule has 0 radical (unpaired) electrons. The van der Waals surface area contributed by atoms with E-state index in [1.807, 2.05) is 20.8 Å². The number of aliphatic hydroxyl groups is 2. The number of hydrogen-bond donors (Lipinski definition) is 2. The number of ether oxygens (including phenoxy) is 1. The summed E-state index contributed by atoms with van der Waals surface area (Å²) in [7, 11) is 1.57. The van der Waals surface area contributed by atoms with Crippen LogP contribution in [-0.4, -0.2) is 40.4 Å². The molecule has 2 aliphatic rings. The highest BCUT2D eigenvalue weighted by Gasteiger charge is 2.36. The molecule has 1 aromatic rings. The monoisotopic (exact) mass is 416 g/mol. The topological polar surface area (TPSA) is 101 Å². The van der Waals surface area contributed by atoms with Gasteiger partial charge in [-0.25, -0.2) is 4.98 Å². The van der Waals surface area contributed by atoms with Crippen molar-refractivity contribution >= 4 is 11.5 Å². The number of carbonyl (C=O) groups is 1. The highest BCUT2D eigenvalue weighted by molar-refractivity contribution is 6.23. The average molecular weight is 417 g/mol. The quantitative estimate of drug-likeness (QED) is 0.510. The summed E-state index contributed by atoms with van der Waals surface area (Å²) in [4.78, 5) is 22.8. The molecular weight excluding hydrogens is 384 g/mol. The summed E-state index contributed by atoms with van der Waals surface area (Å²) in [5, 5.41) is 25.5. The number of carbonyl (C=O) groups excluding carboxylic acids is 1. The standard InChI is InChI=1S/C23H32N2O5/c1-5-8-16(25-30-6-2)22-18(27)11-14(12-19(22)28)21-15-9-7-10-17(26)20(15)13(3)24-23(21)29-4/h14,17,26-27H,5-12H2,1-4H3/b25-16+. The van der Waals surface area contributed by atoms with Gasteiger partial charge >= 0.3 is 0 Å². The lowest BCUT2D eigenvalue weighted by Crippen LogP contribution is -2.26. The Kier molecular flexibility index (Phi) is 7.13. The van der Waals surface area contributed by atoms with Gasteiger partial charge in [-0.1, -0.05) is 18.5 Å². The maximum absolute atomic E-state index is 13.1. The van der Waals surface area contributed by atoms with Crippen LogP contribution in [0, 0.1) is 6.92 Å². The van der Waals surface area contributed by atoms with Crippen LogP contribution in [-0.2, 0) is 16.1 Å². The van der Waals surface area contributed by atoms with Crippen LogP contribution in [0.4, 0.5) is 0 Å². The first kappa shape index (κ1) is 22.3. The van der Waals surface area contributed by atoms with E-state index in [-0.39, 0.29) is 29.5 Å². The first-order chi connectivity index (χ1) is 14.4. The fourth-order valence-electron chi connectivity index (χ4n) is 4.69. The van der Waals surface area contributed by atoms with E-state index in [4.69, 9.17) is 9.57 Å². The number of oxime groups is 1. The molecule has 0 spiro atoms. The molecule has 0 aromatic carbocycles. The Morgan fingerprint density at radius 2 is 2.03 bits per heavy atom. The van der Waals surface area contributed by atoms with Crippen molar-refractivity contribution in [3.05, 3.63) is 33.7 Å². The highest BCUT2D eigenvalue weighted by atomic mass is 16.6. The largest absolute Gasteiger partial charge is 0.511 e. The molecule has 1 heterocycles. The number of methoxy groups -OCH3 is 1. The number of aliphatic hydroxyl groups excluding tert-OH is 2. The van der Waals surface area contributed by atoms with Gasteiger partial charge in [-0.05, 0) is 45.1 Å². The molecule has 0 amide bonds. The Bertz CT molecular complexity index is 875. The first-order valence-corrected chi connectivity index (χ1v) is 10.8. The van der Waals surface area contributed by atoms with Crippen LogP contribution in [0.2, 0.25) is 0 Å². The Balaban J connectivity index is 2.05. The minimum atomic E-state index is -0.556. The molecule has 2 unspecified atom stereocenters. The summed E-state index contributed by atoms with van der Waals surface area (Å²) < 4.78 is 5.57. The van der Waals surface area contributed by atoms with E-state index in [0.29, 0.717) is 37.5 Å². The lowest BCUT2D eigenvalue weighted by molar-refractivity contribution is -0.116. The fraction of sp³-hybridized carbons (Fsp3) is 0.609. The number of rotatable bonds is 7. The Morgan fingerprint density at radius 1 is 1.27 bits per heavy atom. The molecule has 3 rings (SSSR count). The summed E-state index contributed by atoms with van der Waals surface area (Å²) in [6.45, 7) is 6.10. The highest BCUT2D eigenvalue weighted by Crippen LogP contribution is 2.44. The van der Waals surface area contributed by atoms with Gasteiger partial charge in [0.15, 0.2) is 5.78 Å². The normalized spacial score (nSPS) is 22.2. The van der Waals surface area contributed by atoms with E-state index in [9.17, 15) is 15.0 Å². The Morgan fingerprint density at radius 3 is 2.67 bits per heavy atom. The van der Waals surface area contributed by atoms with E-state index in [1.165, 1.54) is 0 Å². The molecule has 164 valence electrons. The van der Waals surface area contributed by atoms with E-state index < -0.39 is 6.10 Å². The van der Waals surface area contributed by atoms with Crippen LogP contribution < -0.4 is 4.74 Å². The molecule has 1 aromatic heterocycles. The predicted octanol–water partition coefficient (Wildman–Crippen LogP) is 4.22. The van der Waals surface area contributed by atoms with Crippen molar-refractivity contribution in [3.63, 3.8) is 0 Å². The fourth-order valence-corrected chi connectivity index (χ4v) is 4.69. The van der Waals surface area contributed by atoms with Gasteiger partial charge < -0.3 is 19.8 Å². The van der Waals surface area contributed by atoms with Gasteiger partial charge in [0.25, 0.3) is 0 Å². The van der Waals surface area contributed by atoms with Crippen molar-refractivity contribution in [2.45, 2.75) is 77.7 Å². The van der Waals surface area contributed by atoms with Gasteiger partial charge in [-0.15, -0.1) is 0 Å². The first-order valence-electron chi connectivity index (χ1n) is 10.8. The van der Waals surface area contributed by atoms with Crippen molar-refractivity contribution in [2.24, 2.45) is 5.16 Å². The minimum absolute atomic E-state index is 0.0379. The summed E-state index contributed by atoms with van der Waals surface area (Å²) in [5.74, 6) is 0.115. The molecule has 7 nitrogen and oxygen atoms in total. The average Bonchev–Trinajstić information content (AvgIpc) is 2.71. The molecule has 0 saturated carbocycles. The lowest BCUT2D eigenvalue weighted by atomic mass is 9.76. The van der Waals surface area contributed by atoms with Crippen molar-refractivity contribution < 1.29 is 24.6 Å². The molecule has 0 bridgehead atoms. The molecular formula is C23H32N2O5. The van der Waals surface area contributed by atoms with Gasteiger partial charge in [0.05, 0.1) is 24.5 Å². The van der Waals surface area contributed by atoms with E-state index in [1.54, 1.807) is 7.11 Å². The predicted molar refractivity (Wildman–Crippen MR) is 114 cm³/mol. The van der Waals surface area contributed by atoms with Crippen molar-refractivity contribution in [1.82, 2.24) is 4.98 Å². The number of fused-ring (bicyclic) bond motifs is 1. The second kappa shape index (κ2) is 9.60. The molecule has 0 saturated heterocycles. The van der Waals surface area contributed by atoms with Crippen LogP contribution in [0.25, 0.3) is 0 Å². The summed E-state index contributed by atoms with van der Waals surface area (Å²) in [5.41, 5.74) is 4.26. The van der Waals surface area contributed by atoms with Crippen LogP contribution >= 0.6 is 0 Å². The number of nitrogens with zero attached hydrogens (tertiary/aromatic N) is 2. The second-order valence-electron chi connectivity index (χ2n) is 7.98. The number of aromatic nitrogens is 1. The SMILES string of the molecule is CCC/C(=N\OCC)C1=C(O)CC(c2c(OC)nc(C)c3c2CCCC3O)CC1=O. The molecule has 2 aliphatic carbocycles. The molecule has 7 heteroatoms. The molecule has 2 atom stereocenters. The van der Waals surface area contributed by atoms with Crippen molar-refractivity contribution in [2.75, 3.05) is 13.7 Å². The van der Waals surface area contributed by atoms with E-state index in [2.05, 4.69) is 10.1 Å². The van der Waals surface area contributed by atoms with Crippen molar-refractivity contribution in [3.8, 4) is 5.88 Å². The number of ketones is 1. The summed E-state index contributed by atoms with van der Waals surface area (Å²) in [6.07, 6.45) is 3.71. The summed E-state index contributed by atoms with van der Waals surface area (Å²) in [6, 6.07) is 0. The van der Waals surface area contributed by atoms with Gasteiger partial charge in [0.1, 0.15) is 12.4 Å². The zero-order valence-electron chi connectivity index (χ0n) is 18.3. The minimum Gasteiger partial charge on any atom is -0.511 e. The van der Waals surface area contributed by atoms with Crippen LogP contribution in [0.1, 0.15) is 86.8 Å². The van der Waals surface area contributed by atoms with Crippen LogP contribution in [0.15, 0.2) is 16.5 Å². The number of Topliss-reactive ketones (excluding diaryl/α,β-unsaturated/α-hetero) is 1. The number of aryl methyl sites for hydroxylation is 1. The van der Waals surface area contributed by atoms with Crippen LogP contribution in [0.5, 0.6) is 5.88 Å². The van der Waals surface area contributed by atoms with Gasteiger partial charge in [0, 0.05) is 35.6 Å². The van der Waals surface area contributed by atoms with Crippen molar-refractivity contribution in [1.29, 1.82) is 0 Å². The lowest BCUT2D eigenvalue weighted by Gasteiger charge is -2.31. The maximum Gasteiger partial charge on any atom is 0.217 e. The zero-order chi connectivity index (χ0) is 21.8. The van der Waals surface area contributed by atoms with E-state index in [0.717, 1.165) is 41.6 Å². The zero-order valence-corrected chi connectivity index (χ0v) is 18.3. The number of pyridine rings is 1. The van der Waals surface area contributed by atoms with Crippen LogP contribution in [0.3, 0.4) is 0 Å². The summed E-state index contributed by atoms with van der Waals surface area (Å²) >= 11 is 0. The molecule has 0 fully saturated rings. The van der Waals surface area contributed by atoms with Gasteiger partial charge in [-0.3, -0.25) is 4.79 Å². The smallest absolute Gasteiger partial charge is 0.217 e. The molecule has 30 heavy (non-hydrogen) atoms. The third-order valence-electron chi connectivity index (χ3n) is 5.90. The van der Waals surface area contributed by atoms with E-state index >= 15 is 0 Å². The third-order valence-corrected chi connectivity index (χ3v) is 5.90. The third kappa shape index (κ3) is 4.21. The second-order valence-corrected chi connectivity index (χ2v) is 7.98. The number of hydrogen-bond acceptors (Lipinski definition) is 7. The Labute approximate surface area is 177 Å². The molecule has 2 N–H and O–H groups in total. The maximum atomic E-state index is 13.1. The Hall–Kier alpha value is -2.41. The molecule has 0 aliphatic heterocycles. The number of allylic oxidation sites excluding steroid dienone is 2. The van der Waals surface area contributed by atoms with Gasteiger partial charge in [-0.2, -0.15) is 0 Å².